The standard InChI is InChI=1S/C33H25BrF2N4O4S2/c34-27-14-23(9-10-31(27)44-17-21-5-4-6-22(35)13-21)39-33-26-15-25(28(36)16-29(26)37-20-38-33)30-19-45-32(40-30)18-43-11-12-46(41,42)24-7-2-1-3-8-24/h1-10,13-16,19-20H,11-12,17-18H2,(H,37,38,39). The molecule has 46 heavy (non-hydrogen) atoms. The lowest BCUT2D eigenvalue weighted by Crippen LogP contribution is -2.12. The van der Waals surface area contributed by atoms with E-state index in [1.54, 1.807) is 60.0 Å². The van der Waals surface area contributed by atoms with Gasteiger partial charge in [0.1, 0.15) is 41.1 Å². The first kappa shape index (κ1) is 31.7. The molecule has 0 saturated carbocycles. The van der Waals surface area contributed by atoms with Gasteiger partial charge in [-0.15, -0.1) is 11.3 Å². The number of nitrogens with zero attached hydrogens (tertiary/aromatic N) is 3. The molecule has 2 aromatic heterocycles. The highest BCUT2D eigenvalue weighted by molar-refractivity contribution is 9.10. The van der Waals surface area contributed by atoms with Gasteiger partial charge in [0, 0.05) is 28.1 Å². The molecule has 0 atom stereocenters. The van der Waals surface area contributed by atoms with Crippen LogP contribution in [0.25, 0.3) is 22.2 Å². The van der Waals surface area contributed by atoms with Crippen LogP contribution < -0.4 is 10.1 Å². The van der Waals surface area contributed by atoms with Gasteiger partial charge in [0.2, 0.25) is 0 Å². The van der Waals surface area contributed by atoms with Crippen LogP contribution >= 0.6 is 27.3 Å². The van der Waals surface area contributed by atoms with Crippen LogP contribution in [-0.4, -0.2) is 35.7 Å². The first-order valence-corrected chi connectivity index (χ1v) is 17.3. The van der Waals surface area contributed by atoms with E-state index in [1.165, 1.54) is 35.9 Å². The first-order valence-electron chi connectivity index (χ1n) is 13.9. The monoisotopic (exact) mass is 722 g/mol. The normalized spacial score (nSPS) is 11.5. The third-order valence-electron chi connectivity index (χ3n) is 6.85. The Morgan fingerprint density at radius 3 is 2.57 bits per heavy atom. The summed E-state index contributed by atoms with van der Waals surface area (Å²) in [5.74, 6) is 0.0592. The minimum atomic E-state index is -3.45. The average Bonchev–Trinajstić information content (AvgIpc) is 3.52. The van der Waals surface area contributed by atoms with E-state index in [0.29, 0.717) is 48.9 Å². The van der Waals surface area contributed by atoms with Crippen molar-refractivity contribution in [2.24, 2.45) is 0 Å². The Kier molecular flexibility index (Phi) is 9.64. The zero-order valence-corrected chi connectivity index (χ0v) is 27.2. The van der Waals surface area contributed by atoms with Crippen molar-refractivity contribution < 1.29 is 26.7 Å². The fraction of sp³-hybridized carbons (Fsp3) is 0.121. The van der Waals surface area contributed by atoms with E-state index in [0.717, 1.165) is 0 Å². The molecular weight excluding hydrogens is 698 g/mol. The minimum Gasteiger partial charge on any atom is -0.488 e. The van der Waals surface area contributed by atoms with Gasteiger partial charge in [-0.1, -0.05) is 30.3 Å². The second kappa shape index (κ2) is 14.0. The van der Waals surface area contributed by atoms with Crippen molar-refractivity contribution in [3.05, 3.63) is 123 Å². The lowest BCUT2D eigenvalue weighted by atomic mass is 10.1. The number of thiazole rings is 1. The minimum absolute atomic E-state index is 0.000920. The number of aromatic nitrogens is 3. The molecule has 1 N–H and O–H groups in total. The Balaban J connectivity index is 1.13. The van der Waals surface area contributed by atoms with Gasteiger partial charge >= 0.3 is 0 Å². The van der Waals surface area contributed by atoms with E-state index in [-0.39, 0.29) is 41.8 Å². The lowest BCUT2D eigenvalue weighted by molar-refractivity contribution is 0.135. The summed E-state index contributed by atoms with van der Waals surface area (Å²) < 4.78 is 65.8. The summed E-state index contributed by atoms with van der Waals surface area (Å²) in [7, 11) is -3.45. The maximum Gasteiger partial charge on any atom is 0.180 e. The fourth-order valence-corrected chi connectivity index (χ4v) is 6.94. The number of hydrogen-bond acceptors (Lipinski definition) is 9. The van der Waals surface area contributed by atoms with Gasteiger partial charge in [0.25, 0.3) is 0 Å². The zero-order valence-electron chi connectivity index (χ0n) is 24.0. The fourth-order valence-electron chi connectivity index (χ4n) is 4.57. The number of hydrogen-bond donors (Lipinski definition) is 1. The summed E-state index contributed by atoms with van der Waals surface area (Å²) in [6, 6.07) is 22.8. The number of sulfone groups is 1. The van der Waals surface area contributed by atoms with Crippen molar-refractivity contribution in [2.75, 3.05) is 17.7 Å². The van der Waals surface area contributed by atoms with E-state index in [4.69, 9.17) is 9.47 Å². The molecule has 0 spiro atoms. The summed E-state index contributed by atoms with van der Waals surface area (Å²) in [6.45, 7) is 0.296. The molecule has 2 heterocycles. The molecule has 6 rings (SSSR count). The van der Waals surface area contributed by atoms with Crippen molar-refractivity contribution in [3.63, 3.8) is 0 Å². The number of ether oxygens (including phenoxy) is 2. The number of fused-ring (bicyclic) bond motifs is 1. The van der Waals surface area contributed by atoms with E-state index in [1.807, 2.05) is 12.1 Å². The highest BCUT2D eigenvalue weighted by Crippen LogP contribution is 2.34. The van der Waals surface area contributed by atoms with Crippen LogP contribution in [0.1, 0.15) is 10.6 Å². The number of benzene rings is 4. The summed E-state index contributed by atoms with van der Waals surface area (Å²) in [6.07, 6.45) is 1.35. The number of rotatable bonds is 12. The molecule has 4 aromatic carbocycles. The van der Waals surface area contributed by atoms with Crippen molar-refractivity contribution in [1.29, 1.82) is 0 Å². The molecule has 0 aliphatic carbocycles. The van der Waals surface area contributed by atoms with Crippen LogP contribution in [0.15, 0.2) is 106 Å². The maximum absolute atomic E-state index is 15.2. The van der Waals surface area contributed by atoms with Crippen LogP contribution in [0.2, 0.25) is 0 Å². The van der Waals surface area contributed by atoms with Crippen molar-refractivity contribution in [1.82, 2.24) is 15.0 Å². The number of halogens is 3. The van der Waals surface area contributed by atoms with Gasteiger partial charge in [-0.3, -0.25) is 0 Å². The highest BCUT2D eigenvalue weighted by Gasteiger charge is 2.16. The molecule has 0 fully saturated rings. The lowest BCUT2D eigenvalue weighted by Gasteiger charge is -2.13. The maximum atomic E-state index is 15.2. The van der Waals surface area contributed by atoms with Crippen LogP contribution in [0.5, 0.6) is 5.75 Å². The van der Waals surface area contributed by atoms with Gasteiger partial charge < -0.3 is 14.8 Å². The molecule has 6 aromatic rings. The van der Waals surface area contributed by atoms with Crippen molar-refractivity contribution in [2.45, 2.75) is 18.1 Å². The zero-order chi connectivity index (χ0) is 32.1. The summed E-state index contributed by atoms with van der Waals surface area (Å²) in [4.78, 5) is 13.4. The predicted octanol–water partition coefficient (Wildman–Crippen LogP) is 8.11. The van der Waals surface area contributed by atoms with Gasteiger partial charge in [-0.05, 0) is 70.0 Å². The second-order valence-corrected chi connectivity index (χ2v) is 14.0. The molecule has 0 radical (unpaired) electrons. The number of anilines is 2. The molecule has 0 aliphatic rings. The molecule has 0 unspecified atom stereocenters. The second-order valence-electron chi connectivity index (χ2n) is 10.1. The molecule has 0 saturated heterocycles. The van der Waals surface area contributed by atoms with Gasteiger partial charge in [0.05, 0.1) is 39.5 Å². The summed E-state index contributed by atoms with van der Waals surface area (Å²) in [5, 5.41) is 6.15. The van der Waals surface area contributed by atoms with E-state index < -0.39 is 15.7 Å². The Morgan fingerprint density at radius 2 is 1.76 bits per heavy atom. The topological polar surface area (TPSA) is 103 Å². The van der Waals surface area contributed by atoms with Crippen LogP contribution in [0.3, 0.4) is 0 Å². The molecule has 0 aliphatic heterocycles. The predicted molar refractivity (Wildman–Crippen MR) is 177 cm³/mol. The van der Waals surface area contributed by atoms with E-state index in [2.05, 4.69) is 36.2 Å². The molecule has 234 valence electrons. The quantitative estimate of drug-likeness (QED) is 0.126. The Bertz CT molecular complexity index is 2110. The van der Waals surface area contributed by atoms with Gasteiger partial charge in [-0.25, -0.2) is 32.2 Å². The SMILES string of the molecule is O=S(=O)(CCOCc1nc(-c2cc3c(Nc4ccc(OCc5cccc(F)c5)c(Br)c4)ncnc3cc2F)cs1)c1ccccc1. The van der Waals surface area contributed by atoms with Gasteiger partial charge in [0.15, 0.2) is 9.84 Å². The average molecular weight is 724 g/mol. The van der Waals surface area contributed by atoms with E-state index >= 15 is 4.39 Å². The summed E-state index contributed by atoms with van der Waals surface area (Å²) >= 11 is 4.82. The molecule has 0 bridgehead atoms. The molecule has 8 nitrogen and oxygen atoms in total. The van der Waals surface area contributed by atoms with Crippen molar-refractivity contribution >= 4 is 59.5 Å². The van der Waals surface area contributed by atoms with Crippen LogP contribution in [-0.2, 0) is 27.8 Å². The summed E-state index contributed by atoms with van der Waals surface area (Å²) in [5.41, 5.74) is 2.49. The van der Waals surface area contributed by atoms with Crippen LogP contribution in [0, 0.1) is 11.6 Å². The van der Waals surface area contributed by atoms with E-state index in [9.17, 15) is 12.8 Å². The Labute approximate surface area is 276 Å². The Morgan fingerprint density at radius 1 is 0.913 bits per heavy atom. The third-order valence-corrected chi connectivity index (χ3v) is 9.99. The first-order chi connectivity index (χ1) is 22.2. The van der Waals surface area contributed by atoms with Crippen LogP contribution in [0.4, 0.5) is 20.3 Å². The molecule has 13 heteroatoms. The largest absolute Gasteiger partial charge is 0.488 e. The third kappa shape index (κ3) is 7.56. The number of nitrogens with one attached hydrogen (secondary N) is 1. The smallest absolute Gasteiger partial charge is 0.180 e. The van der Waals surface area contributed by atoms with Gasteiger partial charge in [-0.2, -0.15) is 0 Å². The van der Waals surface area contributed by atoms with Crippen molar-refractivity contribution in [3.8, 4) is 17.0 Å². The molecular formula is C33H25BrF2N4O4S2. The highest BCUT2D eigenvalue weighted by atomic mass is 79.9. The Hall–Kier alpha value is -4.30. The molecule has 0 amide bonds.